The van der Waals surface area contributed by atoms with Gasteiger partial charge in [0.2, 0.25) is 0 Å². The van der Waals surface area contributed by atoms with E-state index in [0.717, 1.165) is 5.56 Å². The van der Waals surface area contributed by atoms with Gasteiger partial charge in [0.05, 0.1) is 11.3 Å². The van der Waals surface area contributed by atoms with Gasteiger partial charge in [-0.3, -0.25) is 9.59 Å². The quantitative estimate of drug-likeness (QED) is 0.234. The molecule has 0 aliphatic heterocycles. The van der Waals surface area contributed by atoms with Crippen LogP contribution in [0, 0.1) is 5.82 Å². The van der Waals surface area contributed by atoms with Gasteiger partial charge in [-0.1, -0.05) is 54.1 Å². The van der Waals surface area contributed by atoms with E-state index >= 15 is 0 Å². The van der Waals surface area contributed by atoms with Crippen molar-refractivity contribution in [3.8, 4) is 0 Å². The van der Waals surface area contributed by atoms with Crippen LogP contribution in [0.2, 0.25) is 5.02 Å². The molecule has 36 heavy (non-hydrogen) atoms. The Labute approximate surface area is 213 Å². The summed E-state index contributed by atoms with van der Waals surface area (Å²) in [4.78, 5) is 25.6. The van der Waals surface area contributed by atoms with Crippen LogP contribution in [0.15, 0.2) is 91.0 Å². The number of hydrogen-bond donors (Lipinski definition) is 4. The van der Waals surface area contributed by atoms with Gasteiger partial charge in [0, 0.05) is 35.1 Å². The van der Waals surface area contributed by atoms with Gasteiger partial charge in [0.15, 0.2) is 0 Å². The summed E-state index contributed by atoms with van der Waals surface area (Å²) in [5, 5.41) is 9.39. The molecule has 0 fully saturated rings. The summed E-state index contributed by atoms with van der Waals surface area (Å²) in [5.74, 6) is -1.01. The normalized spacial score (nSPS) is 10.5. The maximum absolute atomic E-state index is 13.4. The minimum atomic E-state index is -0.364. The van der Waals surface area contributed by atoms with Gasteiger partial charge in [-0.2, -0.15) is 0 Å². The van der Waals surface area contributed by atoms with Gasteiger partial charge in [-0.05, 0) is 59.7 Å². The topological polar surface area (TPSA) is 96.2 Å². The number of anilines is 3. The van der Waals surface area contributed by atoms with Crippen molar-refractivity contribution in [2.45, 2.75) is 13.1 Å². The van der Waals surface area contributed by atoms with Crippen LogP contribution in [0.3, 0.4) is 0 Å². The lowest BCUT2D eigenvalue weighted by molar-refractivity contribution is 0.0943. The third kappa shape index (κ3) is 6.40. The first-order chi connectivity index (χ1) is 17.4. The summed E-state index contributed by atoms with van der Waals surface area (Å²) in [5.41, 5.74) is 9.71. The Hall–Kier alpha value is -4.36. The van der Waals surface area contributed by atoms with Crippen LogP contribution in [-0.2, 0) is 13.1 Å². The Kier molecular flexibility index (Phi) is 7.82. The zero-order valence-electron chi connectivity index (χ0n) is 19.2. The predicted molar refractivity (Wildman–Crippen MR) is 141 cm³/mol. The molecule has 0 spiro atoms. The molecule has 4 rings (SSSR count). The highest BCUT2D eigenvalue weighted by Crippen LogP contribution is 2.24. The predicted octanol–water partition coefficient (Wildman–Crippen LogP) is 5.66. The summed E-state index contributed by atoms with van der Waals surface area (Å²) in [6.45, 7) is 0.448. The summed E-state index contributed by atoms with van der Waals surface area (Å²) in [6.07, 6.45) is 0. The Morgan fingerprint density at radius 1 is 0.806 bits per heavy atom. The fourth-order valence-electron chi connectivity index (χ4n) is 3.64. The highest BCUT2D eigenvalue weighted by molar-refractivity contribution is 6.31. The second kappa shape index (κ2) is 11.4. The Bertz CT molecular complexity index is 1410. The number of nitrogen functional groups attached to an aromatic ring is 1. The van der Waals surface area contributed by atoms with E-state index in [1.807, 2.05) is 18.2 Å². The molecule has 6 nitrogen and oxygen atoms in total. The number of hydrogen-bond acceptors (Lipinski definition) is 4. The van der Waals surface area contributed by atoms with Crippen molar-refractivity contribution in [3.05, 3.63) is 124 Å². The van der Waals surface area contributed by atoms with E-state index in [2.05, 4.69) is 16.0 Å². The lowest BCUT2D eigenvalue weighted by atomic mass is 10.1. The zero-order chi connectivity index (χ0) is 25.5. The molecule has 0 unspecified atom stereocenters. The largest absolute Gasteiger partial charge is 0.399 e. The fraction of sp³-hybridized carbons (Fsp3) is 0.0714. The monoisotopic (exact) mass is 502 g/mol. The standard InChI is InChI=1S/C28H24ClFN4O2/c29-25-10-3-1-7-19(25)17-33-27(35)20-13-22(31)15-23(14-20)34-26-11-4-2-9-24(26)28(36)32-16-18-6-5-8-21(30)12-18/h1-15,34H,16-17,31H2,(H,32,36)(H,33,35). The number of nitrogens with one attached hydrogen (secondary N) is 3. The molecule has 0 aliphatic carbocycles. The Morgan fingerprint density at radius 3 is 2.36 bits per heavy atom. The number of halogens is 2. The average molecular weight is 503 g/mol. The van der Waals surface area contributed by atoms with Crippen LogP contribution in [0.5, 0.6) is 0 Å². The van der Waals surface area contributed by atoms with Crippen LogP contribution in [0.1, 0.15) is 31.8 Å². The van der Waals surface area contributed by atoms with Crippen molar-refractivity contribution in [2.75, 3.05) is 11.1 Å². The molecule has 0 aliphatic rings. The Morgan fingerprint density at radius 2 is 1.56 bits per heavy atom. The van der Waals surface area contributed by atoms with Crippen molar-refractivity contribution in [2.24, 2.45) is 0 Å². The first-order valence-electron chi connectivity index (χ1n) is 11.2. The Balaban J connectivity index is 1.47. The molecule has 2 amide bonds. The van der Waals surface area contributed by atoms with E-state index in [1.54, 1.807) is 60.7 Å². The highest BCUT2D eigenvalue weighted by atomic mass is 35.5. The van der Waals surface area contributed by atoms with Crippen LogP contribution in [0.4, 0.5) is 21.5 Å². The van der Waals surface area contributed by atoms with Gasteiger partial charge >= 0.3 is 0 Å². The lowest BCUT2D eigenvalue weighted by Gasteiger charge is -2.14. The number of para-hydroxylation sites is 1. The molecule has 4 aromatic carbocycles. The molecule has 0 saturated heterocycles. The van der Waals surface area contributed by atoms with Crippen LogP contribution in [-0.4, -0.2) is 11.8 Å². The average Bonchev–Trinajstić information content (AvgIpc) is 2.86. The summed E-state index contributed by atoms with van der Waals surface area (Å²) >= 11 is 6.17. The number of carbonyl (C=O) groups is 2. The molecule has 0 atom stereocenters. The molecular formula is C28H24ClFN4O2. The first-order valence-corrected chi connectivity index (χ1v) is 11.6. The number of carbonyl (C=O) groups excluding carboxylic acids is 2. The van der Waals surface area contributed by atoms with E-state index < -0.39 is 0 Å². The van der Waals surface area contributed by atoms with Crippen molar-refractivity contribution in [3.63, 3.8) is 0 Å². The van der Waals surface area contributed by atoms with E-state index in [9.17, 15) is 14.0 Å². The molecule has 8 heteroatoms. The fourth-order valence-corrected chi connectivity index (χ4v) is 3.85. The molecule has 0 saturated carbocycles. The van der Waals surface area contributed by atoms with Crippen LogP contribution < -0.4 is 21.7 Å². The highest BCUT2D eigenvalue weighted by Gasteiger charge is 2.13. The molecular weight excluding hydrogens is 479 g/mol. The molecule has 0 aromatic heterocycles. The van der Waals surface area contributed by atoms with Crippen molar-refractivity contribution in [1.29, 1.82) is 0 Å². The van der Waals surface area contributed by atoms with Gasteiger partial charge in [-0.25, -0.2) is 4.39 Å². The molecule has 0 radical (unpaired) electrons. The van der Waals surface area contributed by atoms with E-state index in [0.29, 0.717) is 38.8 Å². The number of amides is 2. The van der Waals surface area contributed by atoms with E-state index in [4.69, 9.17) is 17.3 Å². The minimum absolute atomic E-state index is 0.180. The number of nitrogens with two attached hydrogens (primary N) is 1. The van der Waals surface area contributed by atoms with Crippen molar-refractivity contribution >= 4 is 40.5 Å². The number of rotatable bonds is 8. The van der Waals surface area contributed by atoms with Gasteiger partial charge in [-0.15, -0.1) is 0 Å². The molecule has 5 N–H and O–H groups in total. The van der Waals surface area contributed by atoms with Gasteiger partial charge in [0.1, 0.15) is 5.82 Å². The third-order valence-corrected chi connectivity index (χ3v) is 5.78. The second-order valence-electron chi connectivity index (χ2n) is 8.10. The van der Waals surface area contributed by atoms with Crippen molar-refractivity contribution < 1.29 is 14.0 Å². The number of benzene rings is 4. The van der Waals surface area contributed by atoms with Crippen LogP contribution >= 0.6 is 11.6 Å². The van der Waals surface area contributed by atoms with E-state index in [-0.39, 0.29) is 30.7 Å². The smallest absolute Gasteiger partial charge is 0.253 e. The molecule has 0 bridgehead atoms. The van der Waals surface area contributed by atoms with Gasteiger partial charge in [0.25, 0.3) is 11.8 Å². The third-order valence-electron chi connectivity index (χ3n) is 5.41. The molecule has 182 valence electrons. The zero-order valence-corrected chi connectivity index (χ0v) is 20.0. The maximum atomic E-state index is 13.4. The molecule has 0 heterocycles. The van der Waals surface area contributed by atoms with E-state index in [1.165, 1.54) is 12.1 Å². The molecule has 4 aromatic rings. The maximum Gasteiger partial charge on any atom is 0.253 e. The van der Waals surface area contributed by atoms with Gasteiger partial charge < -0.3 is 21.7 Å². The SMILES string of the molecule is Nc1cc(Nc2ccccc2C(=O)NCc2cccc(F)c2)cc(C(=O)NCc2ccccc2Cl)c1. The lowest BCUT2D eigenvalue weighted by Crippen LogP contribution is -2.24. The second-order valence-corrected chi connectivity index (χ2v) is 8.51. The summed E-state index contributed by atoms with van der Waals surface area (Å²) in [7, 11) is 0. The summed E-state index contributed by atoms with van der Waals surface area (Å²) < 4.78 is 13.4. The first kappa shape index (κ1) is 24.8. The van der Waals surface area contributed by atoms with Crippen molar-refractivity contribution in [1.82, 2.24) is 10.6 Å². The summed E-state index contributed by atoms with van der Waals surface area (Å²) in [6, 6.07) is 25.2. The minimum Gasteiger partial charge on any atom is -0.399 e. The van der Waals surface area contributed by atoms with Crippen LogP contribution in [0.25, 0.3) is 0 Å².